The smallest absolute Gasteiger partial charge is 0.318 e. The molecule has 1 unspecified atom stereocenters. The summed E-state index contributed by atoms with van der Waals surface area (Å²) >= 11 is 1.96. The summed E-state index contributed by atoms with van der Waals surface area (Å²) in [5.74, 6) is -0.628. The first-order valence-corrected chi connectivity index (χ1v) is 14.0. The largest absolute Gasteiger partial charge is 0.461 e. The van der Waals surface area contributed by atoms with Gasteiger partial charge in [-0.1, -0.05) is 22.6 Å². The van der Waals surface area contributed by atoms with Gasteiger partial charge in [-0.3, -0.25) is 4.79 Å². The summed E-state index contributed by atoms with van der Waals surface area (Å²) < 4.78 is 52.9. The predicted molar refractivity (Wildman–Crippen MR) is 106 cm³/mol. The average molecular weight is 534 g/mol. The third-order valence-electron chi connectivity index (χ3n) is 6.20. The molecule has 0 N–H and O–H groups in total. The summed E-state index contributed by atoms with van der Waals surface area (Å²) in [7, 11) is -6.33. The van der Waals surface area contributed by atoms with Crippen molar-refractivity contribution in [2.24, 2.45) is 0 Å². The van der Waals surface area contributed by atoms with Crippen molar-refractivity contribution in [1.29, 1.82) is 0 Å². The molecule has 0 aromatic rings. The van der Waals surface area contributed by atoms with Crippen LogP contribution < -0.4 is 0 Å². The van der Waals surface area contributed by atoms with Crippen molar-refractivity contribution in [3.05, 3.63) is 0 Å². The molecule has 3 aliphatic rings. The molecule has 1 atom stereocenters. The lowest BCUT2D eigenvalue weighted by molar-refractivity contribution is -0.320. The lowest BCUT2D eigenvalue weighted by Gasteiger charge is -2.57. The van der Waals surface area contributed by atoms with E-state index in [1.165, 1.54) is 0 Å². The highest BCUT2D eigenvalue weighted by molar-refractivity contribution is 14.1. The molecule has 11 heteroatoms. The van der Waals surface area contributed by atoms with Crippen molar-refractivity contribution in [3.63, 3.8) is 0 Å². The van der Waals surface area contributed by atoms with Crippen LogP contribution in [0.15, 0.2) is 0 Å². The minimum absolute atomic E-state index is 0.0660. The molecule has 0 aliphatic carbocycles. The molecule has 0 saturated carbocycles. The molecule has 3 aliphatic heterocycles. The monoisotopic (exact) mass is 534 g/mol. The molecule has 8 nitrogen and oxygen atoms in total. The second kappa shape index (κ2) is 7.37. The van der Waals surface area contributed by atoms with Crippen molar-refractivity contribution in [2.75, 3.05) is 23.0 Å². The van der Waals surface area contributed by atoms with Gasteiger partial charge in [0.05, 0.1) is 34.1 Å². The number of halogens is 1. The Morgan fingerprint density at radius 1 is 0.963 bits per heavy atom. The zero-order valence-corrected chi connectivity index (χ0v) is 19.0. The van der Waals surface area contributed by atoms with Crippen molar-refractivity contribution in [3.8, 4) is 0 Å². The lowest BCUT2D eigenvalue weighted by Crippen LogP contribution is -2.68. The van der Waals surface area contributed by atoms with Gasteiger partial charge >= 0.3 is 5.97 Å². The summed E-state index contributed by atoms with van der Waals surface area (Å²) in [6, 6.07) is 0. The maximum atomic E-state index is 13.5. The molecule has 1 radical (unpaired) electrons. The number of hydrogen-bond acceptors (Lipinski definition) is 7. The van der Waals surface area contributed by atoms with Crippen molar-refractivity contribution < 1.29 is 31.6 Å². The van der Waals surface area contributed by atoms with E-state index >= 15 is 0 Å². The second-order valence-corrected chi connectivity index (χ2v) is 14.6. The Hall–Kier alpha value is 0.0200. The number of esters is 1. The molecule has 0 aromatic carbocycles. The highest BCUT2D eigenvalue weighted by Crippen LogP contribution is 2.49. The van der Waals surface area contributed by atoms with E-state index in [9.17, 15) is 26.8 Å². The minimum atomic E-state index is -3.17. The first kappa shape index (κ1) is 21.7. The van der Waals surface area contributed by atoms with Gasteiger partial charge in [0.2, 0.25) is 0 Å². The number of nitrogens with zero attached hydrogens (tertiary/aromatic N) is 1. The van der Waals surface area contributed by atoms with Crippen LogP contribution in [0.4, 0.5) is 0 Å². The molecular weight excluding hydrogens is 509 g/mol. The normalized spacial score (nSPS) is 30.8. The predicted octanol–water partition coefficient (Wildman–Crippen LogP) is 1.06. The maximum absolute atomic E-state index is 13.5. The van der Waals surface area contributed by atoms with Crippen LogP contribution in [-0.4, -0.2) is 72.0 Å². The van der Waals surface area contributed by atoms with Crippen molar-refractivity contribution in [2.45, 2.75) is 66.6 Å². The fourth-order valence-electron chi connectivity index (χ4n) is 4.58. The SMILES string of the molecule is CC(I)C(=O)OC1CC2(CCS(=O)(=O)CC2)N([O])C2(CCS(=O)(=O)CC2)C1. The lowest BCUT2D eigenvalue weighted by atomic mass is 9.71. The van der Waals surface area contributed by atoms with Gasteiger partial charge in [0.1, 0.15) is 29.7 Å². The number of carbonyl (C=O) groups is 1. The molecule has 0 bridgehead atoms. The number of rotatable bonds is 2. The zero-order chi connectivity index (χ0) is 20.1. The van der Waals surface area contributed by atoms with E-state index in [0.717, 1.165) is 5.06 Å². The zero-order valence-electron chi connectivity index (χ0n) is 15.2. The molecule has 0 aromatic heterocycles. The maximum Gasteiger partial charge on any atom is 0.318 e. The fourth-order valence-corrected chi connectivity index (χ4v) is 7.90. The number of hydrogen-bond donors (Lipinski definition) is 0. The molecule has 2 spiro atoms. The van der Waals surface area contributed by atoms with Crippen LogP contribution >= 0.6 is 22.6 Å². The van der Waals surface area contributed by atoms with Gasteiger partial charge in [-0.2, -0.15) is 0 Å². The summed E-state index contributed by atoms with van der Waals surface area (Å²) in [5.41, 5.74) is -1.83. The average Bonchev–Trinajstić information content (AvgIpc) is 2.58. The van der Waals surface area contributed by atoms with Gasteiger partial charge in [-0.15, -0.1) is 10.3 Å². The number of ether oxygens (including phenoxy) is 1. The van der Waals surface area contributed by atoms with Crippen molar-refractivity contribution in [1.82, 2.24) is 5.06 Å². The summed E-state index contributed by atoms with van der Waals surface area (Å²) in [4.78, 5) is 12.1. The Morgan fingerprint density at radius 2 is 1.33 bits per heavy atom. The van der Waals surface area contributed by atoms with Crippen molar-refractivity contribution >= 4 is 48.2 Å². The molecule has 3 fully saturated rings. The van der Waals surface area contributed by atoms with E-state index in [-0.39, 0.29) is 58.6 Å². The van der Waals surface area contributed by atoms with Crippen LogP contribution in [0.5, 0.6) is 0 Å². The van der Waals surface area contributed by atoms with Crippen LogP contribution in [-0.2, 0) is 34.4 Å². The Bertz CT molecular complexity index is 725. The third-order valence-corrected chi connectivity index (χ3v) is 10.0. The summed E-state index contributed by atoms with van der Waals surface area (Å²) in [5, 5.41) is 14.5. The molecule has 3 saturated heterocycles. The van der Waals surface area contributed by atoms with Gasteiger partial charge in [-0.05, 0) is 32.6 Å². The molecule has 3 rings (SSSR count). The molecular formula is C16H25INO7S2. The Balaban J connectivity index is 1.90. The third kappa shape index (κ3) is 4.46. The first-order valence-electron chi connectivity index (χ1n) is 9.12. The van der Waals surface area contributed by atoms with Gasteiger partial charge in [0.25, 0.3) is 0 Å². The van der Waals surface area contributed by atoms with E-state index < -0.39 is 36.9 Å². The minimum Gasteiger partial charge on any atom is -0.461 e. The number of alkyl halides is 1. The van der Waals surface area contributed by atoms with Gasteiger partial charge in [0.15, 0.2) is 0 Å². The van der Waals surface area contributed by atoms with Crippen LogP contribution in [0.25, 0.3) is 0 Å². The fraction of sp³-hybridized carbons (Fsp3) is 0.938. The van der Waals surface area contributed by atoms with Crippen LogP contribution in [0.2, 0.25) is 0 Å². The summed E-state index contributed by atoms with van der Waals surface area (Å²) in [6.07, 6.45) is 0.886. The quantitative estimate of drug-likeness (QED) is 0.295. The number of piperidine rings is 1. The Kier molecular flexibility index (Phi) is 5.93. The Labute approximate surface area is 173 Å². The summed E-state index contributed by atoms with van der Waals surface area (Å²) in [6.45, 7) is 1.72. The van der Waals surface area contributed by atoms with E-state index in [1.54, 1.807) is 6.92 Å². The van der Waals surface area contributed by atoms with Crippen LogP contribution in [0.1, 0.15) is 45.4 Å². The highest BCUT2D eigenvalue weighted by atomic mass is 127. The number of hydroxylamine groups is 2. The molecule has 0 amide bonds. The van der Waals surface area contributed by atoms with Gasteiger partial charge in [-0.25, -0.2) is 16.8 Å². The van der Waals surface area contributed by atoms with E-state index in [4.69, 9.17) is 4.74 Å². The van der Waals surface area contributed by atoms with Gasteiger partial charge in [0, 0.05) is 12.8 Å². The van der Waals surface area contributed by atoms with Crippen LogP contribution in [0.3, 0.4) is 0 Å². The van der Waals surface area contributed by atoms with Crippen LogP contribution in [0, 0.1) is 0 Å². The van der Waals surface area contributed by atoms with E-state index in [2.05, 4.69) is 0 Å². The molecule has 3 heterocycles. The molecule has 155 valence electrons. The van der Waals surface area contributed by atoms with Gasteiger partial charge < -0.3 is 4.74 Å². The number of sulfone groups is 2. The standard InChI is InChI=1S/C16H25INO7S2/c1-12(17)14(19)25-13-10-15(2-6-26(21,22)7-3-15)18(20)16(11-13)4-8-27(23,24)9-5-16/h12-13H,2-11H2,1H3. The van der Waals surface area contributed by atoms with E-state index in [1.807, 2.05) is 22.6 Å². The topological polar surface area (TPSA) is 118 Å². The first-order chi connectivity index (χ1) is 12.4. The number of carbonyl (C=O) groups excluding carboxylic acids is 1. The highest BCUT2D eigenvalue weighted by Gasteiger charge is 2.58. The Morgan fingerprint density at radius 3 is 1.67 bits per heavy atom. The van der Waals surface area contributed by atoms with E-state index in [0.29, 0.717) is 12.8 Å². The second-order valence-electron chi connectivity index (χ2n) is 8.13. The molecule has 27 heavy (non-hydrogen) atoms.